The highest BCUT2D eigenvalue weighted by atomic mass is 16.6. The van der Waals surface area contributed by atoms with Crippen LogP contribution in [0, 0.1) is 0 Å². The molecule has 9 nitrogen and oxygen atoms in total. The van der Waals surface area contributed by atoms with Gasteiger partial charge in [0.1, 0.15) is 24.0 Å². The van der Waals surface area contributed by atoms with Gasteiger partial charge in [0.05, 0.1) is 6.61 Å². The molecule has 1 fully saturated rings. The summed E-state index contributed by atoms with van der Waals surface area (Å²) < 4.78 is 8.04. The first-order valence-corrected chi connectivity index (χ1v) is 6.67. The van der Waals surface area contributed by atoms with E-state index in [1.807, 2.05) is 0 Å². The zero-order chi connectivity index (χ0) is 15.9. The first kappa shape index (κ1) is 14.7. The number of nitrogens with zero attached hydrogens (tertiary/aromatic N) is 3. The number of nitrogens with two attached hydrogens (primary N) is 1. The molecular formula is C13H16N4O5. The SMILES string of the molecule is Nc1nc(=O)n([C@@H]2O[C@H](CO)C(O)C2O)cc1-n1cccc1. The third-order valence-electron chi connectivity index (χ3n) is 3.63. The quantitative estimate of drug-likeness (QED) is 0.526. The normalized spacial score (nSPS) is 28.1. The van der Waals surface area contributed by atoms with Crippen molar-refractivity contribution in [1.82, 2.24) is 14.1 Å². The lowest BCUT2D eigenvalue weighted by Gasteiger charge is -2.18. The van der Waals surface area contributed by atoms with Crippen LogP contribution in [0.2, 0.25) is 0 Å². The molecule has 2 aromatic rings. The Kier molecular flexibility index (Phi) is 3.71. The number of anilines is 1. The molecule has 0 saturated carbocycles. The van der Waals surface area contributed by atoms with Gasteiger partial charge in [-0.3, -0.25) is 4.57 Å². The van der Waals surface area contributed by atoms with Crippen LogP contribution < -0.4 is 11.4 Å². The standard InChI is InChI=1S/C13H16N4O5/c14-11-7(16-3-1-2-4-16)5-17(13(21)15-11)12-10(20)9(19)8(6-18)22-12/h1-5,8-10,12,18-20H,6H2,(H2,14,15,21)/t8-,9?,10?,12-/m1/s1. The summed E-state index contributed by atoms with van der Waals surface area (Å²) in [5.74, 6) is 0.0317. The molecule has 1 saturated heterocycles. The van der Waals surface area contributed by atoms with Crippen molar-refractivity contribution < 1.29 is 20.1 Å². The van der Waals surface area contributed by atoms with Crippen LogP contribution in [0.25, 0.3) is 5.69 Å². The number of hydrogen-bond donors (Lipinski definition) is 4. The van der Waals surface area contributed by atoms with Crippen molar-refractivity contribution in [3.05, 3.63) is 41.2 Å². The van der Waals surface area contributed by atoms with E-state index >= 15 is 0 Å². The fourth-order valence-corrected chi connectivity index (χ4v) is 2.46. The molecule has 0 bridgehead atoms. The summed E-state index contributed by atoms with van der Waals surface area (Å²) in [6.45, 7) is -0.476. The summed E-state index contributed by atoms with van der Waals surface area (Å²) in [4.78, 5) is 15.7. The average Bonchev–Trinajstić information content (AvgIpc) is 3.10. The molecule has 3 heterocycles. The second-order valence-corrected chi connectivity index (χ2v) is 5.02. The Morgan fingerprint density at radius 3 is 2.55 bits per heavy atom. The van der Waals surface area contributed by atoms with E-state index in [1.165, 1.54) is 6.20 Å². The minimum Gasteiger partial charge on any atom is -0.394 e. The molecule has 4 atom stereocenters. The molecule has 0 spiro atoms. The Morgan fingerprint density at radius 1 is 1.27 bits per heavy atom. The summed E-state index contributed by atoms with van der Waals surface area (Å²) >= 11 is 0. The van der Waals surface area contributed by atoms with Gasteiger partial charge in [0.2, 0.25) is 0 Å². The van der Waals surface area contributed by atoms with Crippen LogP contribution in [-0.4, -0.2) is 54.4 Å². The van der Waals surface area contributed by atoms with Crippen molar-refractivity contribution >= 4 is 5.82 Å². The molecular weight excluding hydrogens is 292 g/mol. The molecule has 1 aliphatic rings. The Balaban J connectivity index is 2.05. The molecule has 5 N–H and O–H groups in total. The molecule has 22 heavy (non-hydrogen) atoms. The van der Waals surface area contributed by atoms with Crippen molar-refractivity contribution in [2.45, 2.75) is 24.5 Å². The highest BCUT2D eigenvalue weighted by molar-refractivity contribution is 5.50. The van der Waals surface area contributed by atoms with E-state index in [0.717, 1.165) is 4.57 Å². The number of aliphatic hydroxyl groups excluding tert-OH is 3. The molecule has 2 unspecified atom stereocenters. The maximum absolute atomic E-state index is 12.0. The van der Waals surface area contributed by atoms with E-state index in [4.69, 9.17) is 15.6 Å². The monoisotopic (exact) mass is 308 g/mol. The first-order chi connectivity index (χ1) is 10.5. The molecule has 0 amide bonds. The average molecular weight is 308 g/mol. The minimum absolute atomic E-state index is 0.0317. The summed E-state index contributed by atoms with van der Waals surface area (Å²) in [7, 11) is 0. The Bertz CT molecular complexity index is 714. The number of aromatic nitrogens is 3. The summed E-state index contributed by atoms with van der Waals surface area (Å²) in [6.07, 6.45) is 0.0538. The van der Waals surface area contributed by atoms with E-state index in [2.05, 4.69) is 4.98 Å². The van der Waals surface area contributed by atoms with Crippen molar-refractivity contribution in [2.24, 2.45) is 0 Å². The molecule has 0 aromatic carbocycles. The second-order valence-electron chi connectivity index (χ2n) is 5.02. The van der Waals surface area contributed by atoms with Gasteiger partial charge in [0.25, 0.3) is 0 Å². The lowest BCUT2D eigenvalue weighted by molar-refractivity contribution is -0.0549. The fourth-order valence-electron chi connectivity index (χ4n) is 2.46. The number of hydrogen-bond acceptors (Lipinski definition) is 7. The summed E-state index contributed by atoms with van der Waals surface area (Å²) in [5, 5.41) is 28.9. The van der Waals surface area contributed by atoms with Crippen LogP contribution >= 0.6 is 0 Å². The van der Waals surface area contributed by atoms with Crippen LogP contribution in [-0.2, 0) is 4.74 Å². The number of nitrogen functional groups attached to an aromatic ring is 1. The van der Waals surface area contributed by atoms with E-state index in [0.29, 0.717) is 5.69 Å². The number of aliphatic hydroxyl groups is 3. The zero-order valence-corrected chi connectivity index (χ0v) is 11.5. The van der Waals surface area contributed by atoms with Gasteiger partial charge in [-0.2, -0.15) is 4.98 Å². The highest BCUT2D eigenvalue weighted by Gasteiger charge is 2.43. The molecule has 0 aliphatic carbocycles. The van der Waals surface area contributed by atoms with Gasteiger partial charge in [0.15, 0.2) is 12.0 Å². The van der Waals surface area contributed by atoms with E-state index < -0.39 is 36.8 Å². The second kappa shape index (κ2) is 5.54. The molecule has 1 aliphatic heterocycles. The van der Waals surface area contributed by atoms with E-state index in [1.54, 1.807) is 29.1 Å². The van der Waals surface area contributed by atoms with Crippen LogP contribution in [0.15, 0.2) is 35.5 Å². The predicted octanol–water partition coefficient (Wildman–Crippen LogP) is -1.77. The maximum Gasteiger partial charge on any atom is 0.351 e. The number of ether oxygens (including phenoxy) is 1. The minimum atomic E-state index is -1.36. The first-order valence-electron chi connectivity index (χ1n) is 6.67. The van der Waals surface area contributed by atoms with Crippen molar-refractivity contribution in [3.8, 4) is 5.69 Å². The van der Waals surface area contributed by atoms with Gasteiger partial charge in [0, 0.05) is 18.6 Å². The van der Waals surface area contributed by atoms with Gasteiger partial charge >= 0.3 is 5.69 Å². The largest absolute Gasteiger partial charge is 0.394 e. The lowest BCUT2D eigenvalue weighted by atomic mass is 10.1. The van der Waals surface area contributed by atoms with Crippen LogP contribution in [0.5, 0.6) is 0 Å². The van der Waals surface area contributed by atoms with Gasteiger partial charge in [-0.05, 0) is 12.1 Å². The summed E-state index contributed by atoms with van der Waals surface area (Å²) in [5.41, 5.74) is 5.47. The maximum atomic E-state index is 12.0. The summed E-state index contributed by atoms with van der Waals surface area (Å²) in [6, 6.07) is 3.56. The van der Waals surface area contributed by atoms with Gasteiger partial charge in [-0.25, -0.2) is 4.79 Å². The zero-order valence-electron chi connectivity index (χ0n) is 11.5. The lowest BCUT2D eigenvalue weighted by Crippen LogP contribution is -2.36. The topological polar surface area (TPSA) is 136 Å². The predicted molar refractivity (Wildman–Crippen MR) is 75.2 cm³/mol. The Labute approximate surface area is 124 Å². The Morgan fingerprint density at radius 2 is 1.95 bits per heavy atom. The smallest absolute Gasteiger partial charge is 0.351 e. The number of rotatable bonds is 3. The fraction of sp³-hybridized carbons (Fsp3) is 0.385. The molecule has 9 heteroatoms. The van der Waals surface area contributed by atoms with Crippen molar-refractivity contribution in [1.29, 1.82) is 0 Å². The van der Waals surface area contributed by atoms with Crippen LogP contribution in [0.1, 0.15) is 6.23 Å². The van der Waals surface area contributed by atoms with Crippen LogP contribution in [0.4, 0.5) is 5.82 Å². The Hall–Kier alpha value is -2.20. The highest BCUT2D eigenvalue weighted by Crippen LogP contribution is 2.29. The molecule has 3 rings (SSSR count). The molecule has 0 radical (unpaired) electrons. The molecule has 2 aromatic heterocycles. The third-order valence-corrected chi connectivity index (χ3v) is 3.63. The van der Waals surface area contributed by atoms with E-state index in [-0.39, 0.29) is 5.82 Å². The van der Waals surface area contributed by atoms with E-state index in [9.17, 15) is 15.0 Å². The van der Waals surface area contributed by atoms with Crippen LogP contribution in [0.3, 0.4) is 0 Å². The van der Waals surface area contributed by atoms with Crippen molar-refractivity contribution in [2.75, 3.05) is 12.3 Å². The van der Waals surface area contributed by atoms with Gasteiger partial charge < -0.3 is 30.4 Å². The third kappa shape index (κ3) is 2.29. The van der Waals surface area contributed by atoms with Gasteiger partial charge in [-0.15, -0.1) is 0 Å². The molecule has 118 valence electrons. The van der Waals surface area contributed by atoms with Gasteiger partial charge in [-0.1, -0.05) is 0 Å². The van der Waals surface area contributed by atoms with Crippen molar-refractivity contribution in [3.63, 3.8) is 0 Å².